The number of hydrogen-bond donors (Lipinski definition) is 0. The Kier molecular flexibility index (Phi) is 40.2. The summed E-state index contributed by atoms with van der Waals surface area (Å²) in [4.78, 5) is 0. The van der Waals surface area contributed by atoms with Crippen LogP contribution in [0.15, 0.2) is 0 Å². The summed E-state index contributed by atoms with van der Waals surface area (Å²) in [6.07, 6.45) is 29.5. The molecule has 0 N–H and O–H groups in total. The first kappa shape index (κ1) is 45.9. The Morgan fingerprint density at radius 3 is 0.889 bits per heavy atom. The molecule has 0 aromatic carbocycles. The molecule has 0 aliphatic carbocycles. The zero-order valence-corrected chi connectivity index (χ0v) is 33.4. The van der Waals surface area contributed by atoms with Crippen molar-refractivity contribution in [3.8, 4) is 0 Å². The highest BCUT2D eigenvalue weighted by atomic mass is 32.2. The van der Waals surface area contributed by atoms with Crippen molar-refractivity contribution < 1.29 is 14.2 Å². The topological polar surface area (TPSA) is 27.7 Å². The van der Waals surface area contributed by atoms with E-state index in [9.17, 15) is 0 Å². The summed E-state index contributed by atoms with van der Waals surface area (Å²) in [6, 6.07) is 0. The highest BCUT2D eigenvalue weighted by Crippen LogP contribution is 2.25. The van der Waals surface area contributed by atoms with E-state index >= 15 is 0 Å². The molecule has 3 nitrogen and oxygen atoms in total. The monoisotopic (exact) mass is 693 g/mol. The minimum atomic E-state index is -0.0249. The molecular weight excluding hydrogens is 613 g/mol. The second-order valence-corrected chi connectivity index (χ2v) is 16.9. The molecule has 0 aliphatic rings. The first-order valence-electron chi connectivity index (χ1n) is 19.7. The van der Waals surface area contributed by atoms with Crippen LogP contribution in [0, 0.1) is 5.41 Å². The smallest absolute Gasteiger partial charge is 0.0566 e. The molecule has 6 heteroatoms. The molecule has 0 aromatic heterocycles. The lowest BCUT2D eigenvalue weighted by atomic mass is 9.88. The lowest BCUT2D eigenvalue weighted by Gasteiger charge is -2.32. The van der Waals surface area contributed by atoms with Crippen molar-refractivity contribution in [2.45, 2.75) is 169 Å². The van der Waals surface area contributed by atoms with Crippen molar-refractivity contribution in [2.75, 3.05) is 74.2 Å². The molecule has 0 saturated carbocycles. The summed E-state index contributed by atoms with van der Waals surface area (Å²) < 4.78 is 18.9. The molecule has 0 amide bonds. The van der Waals surface area contributed by atoms with E-state index in [-0.39, 0.29) is 5.41 Å². The fourth-order valence-corrected chi connectivity index (χ4v) is 8.15. The van der Waals surface area contributed by atoms with Gasteiger partial charge in [0.05, 0.1) is 19.8 Å². The Morgan fingerprint density at radius 1 is 0.333 bits per heavy atom. The number of ether oxygens (including phenoxy) is 3. The molecular formula is C39H80O3S3. The van der Waals surface area contributed by atoms with Crippen LogP contribution in [0.3, 0.4) is 0 Å². The average molecular weight is 693 g/mol. The summed E-state index contributed by atoms with van der Waals surface area (Å²) in [5.74, 6) is 7.57. The quantitative estimate of drug-likeness (QED) is 0.0594. The molecule has 0 heterocycles. The average Bonchev–Trinajstić information content (AvgIpc) is 3.05. The second-order valence-electron chi connectivity index (χ2n) is 13.2. The second kappa shape index (κ2) is 39.4. The minimum absolute atomic E-state index is 0.0249. The van der Waals surface area contributed by atoms with Crippen LogP contribution in [-0.4, -0.2) is 74.2 Å². The van der Waals surface area contributed by atoms with Crippen molar-refractivity contribution in [1.82, 2.24) is 0 Å². The molecule has 0 aliphatic heterocycles. The predicted molar refractivity (Wildman–Crippen MR) is 211 cm³/mol. The zero-order valence-electron chi connectivity index (χ0n) is 31.0. The first-order chi connectivity index (χ1) is 22.2. The van der Waals surface area contributed by atoms with Crippen LogP contribution in [0.4, 0.5) is 0 Å². The molecule has 272 valence electrons. The third kappa shape index (κ3) is 34.6. The van der Waals surface area contributed by atoms with Crippen LogP contribution in [-0.2, 0) is 14.2 Å². The summed E-state index contributed by atoms with van der Waals surface area (Å²) in [5.41, 5.74) is -0.0249. The van der Waals surface area contributed by atoms with Crippen molar-refractivity contribution in [2.24, 2.45) is 5.41 Å². The van der Waals surface area contributed by atoms with Gasteiger partial charge in [-0.2, -0.15) is 35.3 Å². The number of thioether (sulfide) groups is 3. The maximum Gasteiger partial charge on any atom is 0.0566 e. The van der Waals surface area contributed by atoms with E-state index < -0.39 is 0 Å². The molecule has 0 spiro atoms. The van der Waals surface area contributed by atoms with Gasteiger partial charge < -0.3 is 14.2 Å². The van der Waals surface area contributed by atoms with Gasteiger partial charge in [0.2, 0.25) is 0 Å². The number of rotatable bonds is 40. The Hall–Kier alpha value is 0.930. The van der Waals surface area contributed by atoms with Crippen LogP contribution < -0.4 is 0 Å². The molecule has 0 aromatic rings. The Morgan fingerprint density at radius 2 is 0.600 bits per heavy atom. The first-order valence-corrected chi connectivity index (χ1v) is 23.2. The van der Waals surface area contributed by atoms with Crippen LogP contribution in [0.2, 0.25) is 0 Å². The molecule has 0 fully saturated rings. The van der Waals surface area contributed by atoms with Gasteiger partial charge in [-0.3, -0.25) is 0 Å². The van der Waals surface area contributed by atoms with Gasteiger partial charge >= 0.3 is 0 Å². The lowest BCUT2D eigenvalue weighted by Crippen LogP contribution is -2.37. The van der Waals surface area contributed by atoms with E-state index in [2.05, 4.69) is 63.0 Å². The van der Waals surface area contributed by atoms with Gasteiger partial charge in [-0.15, -0.1) is 0 Å². The Bertz CT molecular complexity index is 468. The van der Waals surface area contributed by atoms with Gasteiger partial charge in [0.25, 0.3) is 0 Å². The van der Waals surface area contributed by atoms with Gasteiger partial charge in [0, 0.05) is 25.2 Å². The molecule has 0 bridgehead atoms. The van der Waals surface area contributed by atoms with Crippen LogP contribution in [0.5, 0.6) is 0 Å². The summed E-state index contributed by atoms with van der Waals surface area (Å²) in [5, 5.41) is 0. The predicted octanol–water partition coefficient (Wildman–Crippen LogP) is 12.9. The van der Waals surface area contributed by atoms with Crippen LogP contribution in [0.1, 0.15) is 169 Å². The molecule has 45 heavy (non-hydrogen) atoms. The number of unbranched alkanes of at least 4 members (excludes halogenated alkanes) is 15. The summed E-state index contributed by atoms with van der Waals surface area (Å²) in [6.45, 7) is 14.0. The summed E-state index contributed by atoms with van der Waals surface area (Å²) >= 11 is 6.32. The van der Waals surface area contributed by atoms with Crippen molar-refractivity contribution in [1.29, 1.82) is 0 Å². The minimum Gasteiger partial charge on any atom is -0.381 e. The highest BCUT2D eigenvalue weighted by molar-refractivity contribution is 7.99. The SMILES string of the molecule is CCCCCCCCSCCCOCC(CC)(COCCCSCCCCCCCC)COCCCSCCCCCCCC. The highest BCUT2D eigenvalue weighted by Gasteiger charge is 2.29. The summed E-state index contributed by atoms with van der Waals surface area (Å²) in [7, 11) is 0. The van der Waals surface area contributed by atoms with Crippen molar-refractivity contribution in [3.63, 3.8) is 0 Å². The third-order valence-electron chi connectivity index (χ3n) is 8.63. The van der Waals surface area contributed by atoms with E-state index in [1.165, 1.54) is 150 Å². The lowest BCUT2D eigenvalue weighted by molar-refractivity contribution is -0.0710. The molecule has 0 atom stereocenters. The standard InChI is InChI=1S/C39H80O3S3/c1-5-9-12-15-18-21-30-43-33-24-27-40-36-39(8-4,37-41-28-25-34-44-31-22-19-16-13-10-6-2)38-42-29-26-35-45-32-23-20-17-14-11-7-3/h5-38H2,1-4H3. The normalized spacial score (nSPS) is 12.0. The molecule has 0 unspecified atom stereocenters. The molecule has 0 rings (SSSR count). The van der Waals surface area contributed by atoms with Crippen LogP contribution >= 0.6 is 35.3 Å². The molecule has 0 saturated heterocycles. The van der Waals surface area contributed by atoms with Gasteiger partial charge in [0.1, 0.15) is 0 Å². The van der Waals surface area contributed by atoms with E-state index in [0.29, 0.717) is 0 Å². The van der Waals surface area contributed by atoms with Gasteiger partial charge in [-0.05, 0) is 79.5 Å². The fraction of sp³-hybridized carbons (Fsp3) is 1.00. The largest absolute Gasteiger partial charge is 0.381 e. The number of hydrogen-bond acceptors (Lipinski definition) is 6. The van der Waals surface area contributed by atoms with E-state index in [1.54, 1.807) is 0 Å². The van der Waals surface area contributed by atoms with Crippen LogP contribution in [0.25, 0.3) is 0 Å². The van der Waals surface area contributed by atoms with E-state index in [0.717, 1.165) is 65.3 Å². The third-order valence-corrected chi connectivity index (χ3v) is 12.1. The Balaban J connectivity index is 4.21. The van der Waals surface area contributed by atoms with E-state index in [4.69, 9.17) is 14.2 Å². The van der Waals surface area contributed by atoms with Gasteiger partial charge in [-0.25, -0.2) is 0 Å². The van der Waals surface area contributed by atoms with E-state index in [1.807, 2.05) is 0 Å². The van der Waals surface area contributed by atoms with Gasteiger partial charge in [0.15, 0.2) is 0 Å². The maximum atomic E-state index is 6.30. The molecule has 0 radical (unpaired) electrons. The van der Waals surface area contributed by atoms with Crippen molar-refractivity contribution in [3.05, 3.63) is 0 Å². The Labute approximate surface area is 296 Å². The fourth-order valence-electron chi connectivity index (χ4n) is 5.35. The maximum absolute atomic E-state index is 6.30. The zero-order chi connectivity index (χ0) is 32.8. The van der Waals surface area contributed by atoms with Crippen molar-refractivity contribution >= 4 is 35.3 Å². The van der Waals surface area contributed by atoms with Gasteiger partial charge in [-0.1, -0.05) is 124 Å².